The zero-order valence-corrected chi connectivity index (χ0v) is 10.5. The number of tetrazole rings is 1. The number of benzene rings is 1. The summed E-state index contributed by atoms with van der Waals surface area (Å²) >= 11 is 0. The van der Waals surface area contributed by atoms with Gasteiger partial charge >= 0.3 is 5.69 Å². The number of nitrogens with zero attached hydrogens (tertiary/aromatic N) is 4. The third-order valence-corrected chi connectivity index (χ3v) is 3.63. The van der Waals surface area contributed by atoms with Crippen LogP contribution in [-0.4, -0.2) is 34.0 Å². The third kappa shape index (κ3) is 2.92. The second-order valence-corrected chi connectivity index (χ2v) is 5.29. The Balaban J connectivity index is 2.21. The van der Waals surface area contributed by atoms with E-state index >= 15 is 0 Å². The van der Waals surface area contributed by atoms with Gasteiger partial charge in [0, 0.05) is 12.1 Å². The van der Waals surface area contributed by atoms with Crippen molar-refractivity contribution in [2.45, 2.75) is 11.4 Å². The van der Waals surface area contributed by atoms with E-state index in [9.17, 15) is 22.9 Å². The first-order valence-corrected chi connectivity index (χ1v) is 6.54. The lowest BCUT2D eigenvalue weighted by Gasteiger charge is -2.04. The fourth-order valence-electron chi connectivity index (χ4n) is 1.30. The molecule has 12 heteroatoms. The number of aromatic amines is 1. The van der Waals surface area contributed by atoms with E-state index in [1.54, 1.807) is 0 Å². The van der Waals surface area contributed by atoms with Crippen LogP contribution < -0.4 is 4.72 Å². The maximum Gasteiger partial charge on any atom is 0.304 e. The van der Waals surface area contributed by atoms with Crippen LogP contribution in [0.15, 0.2) is 23.1 Å². The molecule has 2 aromatic rings. The number of aromatic nitrogens is 4. The van der Waals surface area contributed by atoms with E-state index in [1.165, 1.54) is 0 Å². The fourth-order valence-corrected chi connectivity index (χ4v) is 2.29. The first kappa shape index (κ1) is 14.0. The second-order valence-electron chi connectivity index (χ2n) is 3.52. The first-order chi connectivity index (χ1) is 9.40. The Morgan fingerprint density at radius 1 is 1.45 bits per heavy atom. The third-order valence-electron chi connectivity index (χ3n) is 2.24. The van der Waals surface area contributed by atoms with Crippen molar-refractivity contribution in [1.82, 2.24) is 25.3 Å². The lowest BCUT2D eigenvalue weighted by atomic mass is 10.3. The molecular weight excluding hydrogens is 295 g/mol. The summed E-state index contributed by atoms with van der Waals surface area (Å²) in [5, 5.41) is 22.9. The Morgan fingerprint density at radius 3 is 2.75 bits per heavy atom. The van der Waals surface area contributed by atoms with Crippen molar-refractivity contribution in [3.8, 4) is 0 Å². The SMILES string of the molecule is O=[N+]([O-])c1ccc(S(=O)(=O)NCc2nn[nH]n2)cc1F. The summed E-state index contributed by atoms with van der Waals surface area (Å²) in [4.78, 5) is 9.05. The van der Waals surface area contributed by atoms with Crippen LogP contribution in [0.2, 0.25) is 0 Å². The molecule has 0 saturated carbocycles. The molecule has 0 amide bonds. The molecule has 1 aromatic heterocycles. The fraction of sp³-hybridized carbons (Fsp3) is 0.125. The van der Waals surface area contributed by atoms with Crippen LogP contribution >= 0.6 is 0 Å². The van der Waals surface area contributed by atoms with E-state index in [-0.39, 0.29) is 12.4 Å². The average Bonchev–Trinajstić information content (AvgIpc) is 2.89. The summed E-state index contributed by atoms with van der Waals surface area (Å²) in [5.74, 6) is -1.15. The molecule has 0 aliphatic rings. The minimum atomic E-state index is -4.04. The quantitative estimate of drug-likeness (QED) is 0.571. The molecule has 20 heavy (non-hydrogen) atoms. The Hall–Kier alpha value is -2.47. The highest BCUT2D eigenvalue weighted by atomic mass is 32.2. The highest BCUT2D eigenvalue weighted by Gasteiger charge is 2.20. The molecule has 2 rings (SSSR count). The molecule has 0 saturated heterocycles. The van der Waals surface area contributed by atoms with Gasteiger partial charge in [0.25, 0.3) is 0 Å². The van der Waals surface area contributed by atoms with Crippen molar-refractivity contribution in [3.05, 3.63) is 40.0 Å². The van der Waals surface area contributed by atoms with Crippen molar-refractivity contribution in [1.29, 1.82) is 0 Å². The van der Waals surface area contributed by atoms with Gasteiger partial charge in [-0.2, -0.15) is 9.60 Å². The molecule has 0 atom stereocenters. The smallest absolute Gasteiger partial charge is 0.258 e. The predicted molar refractivity (Wildman–Crippen MR) is 61.3 cm³/mol. The lowest BCUT2D eigenvalue weighted by molar-refractivity contribution is -0.387. The van der Waals surface area contributed by atoms with Crippen molar-refractivity contribution in [2.24, 2.45) is 0 Å². The van der Waals surface area contributed by atoms with Gasteiger partial charge in [0.05, 0.1) is 16.4 Å². The second kappa shape index (κ2) is 5.26. The average molecular weight is 302 g/mol. The normalized spacial score (nSPS) is 11.4. The Morgan fingerprint density at radius 2 is 2.20 bits per heavy atom. The van der Waals surface area contributed by atoms with Crippen molar-refractivity contribution < 1.29 is 17.7 Å². The maximum atomic E-state index is 13.4. The number of nitro benzene ring substituents is 1. The molecule has 0 fully saturated rings. The van der Waals surface area contributed by atoms with Gasteiger partial charge in [-0.15, -0.1) is 10.2 Å². The molecule has 106 valence electrons. The number of rotatable bonds is 5. The van der Waals surface area contributed by atoms with Gasteiger partial charge < -0.3 is 0 Å². The number of H-pyrrole nitrogens is 1. The van der Waals surface area contributed by atoms with E-state index in [1.807, 2.05) is 0 Å². The van der Waals surface area contributed by atoms with Crippen LogP contribution in [0.4, 0.5) is 10.1 Å². The van der Waals surface area contributed by atoms with Gasteiger partial charge in [-0.3, -0.25) is 10.1 Å². The van der Waals surface area contributed by atoms with Gasteiger partial charge in [-0.25, -0.2) is 13.1 Å². The highest BCUT2D eigenvalue weighted by Crippen LogP contribution is 2.20. The monoisotopic (exact) mass is 302 g/mol. The minimum absolute atomic E-state index is 0.0935. The number of hydrogen-bond acceptors (Lipinski definition) is 7. The summed E-state index contributed by atoms with van der Waals surface area (Å²) in [5.41, 5.74) is -0.804. The van der Waals surface area contributed by atoms with Crippen molar-refractivity contribution in [3.63, 3.8) is 0 Å². The zero-order chi connectivity index (χ0) is 14.8. The van der Waals surface area contributed by atoms with E-state index in [0.717, 1.165) is 12.1 Å². The van der Waals surface area contributed by atoms with Crippen LogP contribution in [0.5, 0.6) is 0 Å². The molecule has 0 bridgehead atoms. The first-order valence-electron chi connectivity index (χ1n) is 5.06. The van der Waals surface area contributed by atoms with Gasteiger partial charge in [0.1, 0.15) is 0 Å². The molecule has 1 heterocycles. The summed E-state index contributed by atoms with van der Waals surface area (Å²) < 4.78 is 39.1. The van der Waals surface area contributed by atoms with E-state index in [0.29, 0.717) is 6.07 Å². The standard InChI is InChI=1S/C8H7FN6O4S/c9-6-3-5(1-2-7(6)15(16)17)20(18,19)10-4-8-11-13-14-12-8/h1-3,10H,4H2,(H,11,12,13,14). The molecule has 0 aliphatic carbocycles. The van der Waals surface area contributed by atoms with Crippen molar-refractivity contribution >= 4 is 15.7 Å². The number of hydrogen-bond donors (Lipinski definition) is 2. The highest BCUT2D eigenvalue weighted by molar-refractivity contribution is 7.89. The predicted octanol–water partition coefficient (Wildman–Crippen LogP) is -0.275. The summed E-state index contributed by atoms with van der Waals surface area (Å²) in [6, 6.07) is 2.27. The molecule has 0 radical (unpaired) electrons. The van der Waals surface area contributed by atoms with E-state index in [2.05, 4.69) is 25.3 Å². The number of nitrogens with one attached hydrogen (secondary N) is 2. The van der Waals surface area contributed by atoms with E-state index in [4.69, 9.17) is 0 Å². The number of nitro groups is 1. The molecule has 10 nitrogen and oxygen atoms in total. The number of sulfonamides is 1. The summed E-state index contributed by atoms with van der Waals surface area (Å²) in [6.07, 6.45) is 0. The van der Waals surface area contributed by atoms with Crippen molar-refractivity contribution in [2.75, 3.05) is 0 Å². The van der Waals surface area contributed by atoms with Crippen LogP contribution in [0.3, 0.4) is 0 Å². The summed E-state index contributed by atoms with van der Waals surface area (Å²) in [6.45, 7) is -0.253. The molecule has 1 aromatic carbocycles. The largest absolute Gasteiger partial charge is 0.304 e. The minimum Gasteiger partial charge on any atom is -0.258 e. The summed E-state index contributed by atoms with van der Waals surface area (Å²) in [7, 11) is -4.04. The zero-order valence-electron chi connectivity index (χ0n) is 9.65. The van der Waals surface area contributed by atoms with Crippen LogP contribution in [0.1, 0.15) is 5.82 Å². The van der Waals surface area contributed by atoms with Crippen LogP contribution in [-0.2, 0) is 16.6 Å². The topological polar surface area (TPSA) is 144 Å². The van der Waals surface area contributed by atoms with E-state index < -0.39 is 31.3 Å². The molecule has 0 spiro atoms. The van der Waals surface area contributed by atoms with Gasteiger partial charge in [-0.05, 0) is 6.07 Å². The van der Waals surface area contributed by atoms with Gasteiger partial charge in [0.2, 0.25) is 15.8 Å². The molecular formula is C8H7FN6O4S. The molecule has 2 N–H and O–H groups in total. The molecule has 0 unspecified atom stereocenters. The molecule has 0 aliphatic heterocycles. The van der Waals surface area contributed by atoms with Gasteiger partial charge in [0.15, 0.2) is 5.82 Å². The lowest BCUT2D eigenvalue weighted by Crippen LogP contribution is -2.24. The Labute approximate surface area is 111 Å². The maximum absolute atomic E-state index is 13.4. The van der Waals surface area contributed by atoms with Crippen LogP contribution in [0.25, 0.3) is 0 Å². The number of halogens is 1. The Bertz CT molecular complexity index is 731. The van der Waals surface area contributed by atoms with Crippen LogP contribution in [0, 0.1) is 15.9 Å². The van der Waals surface area contributed by atoms with Gasteiger partial charge in [-0.1, -0.05) is 5.21 Å². The Kier molecular flexibility index (Phi) is 3.67.